The van der Waals surface area contributed by atoms with Crippen LogP contribution < -0.4 is 5.32 Å². The first-order valence-corrected chi connectivity index (χ1v) is 7.34. The van der Waals surface area contributed by atoms with E-state index in [9.17, 15) is 4.79 Å². The molecule has 1 aromatic carbocycles. The molecule has 2 rings (SSSR count). The second-order valence-corrected chi connectivity index (χ2v) is 5.16. The van der Waals surface area contributed by atoms with Crippen molar-refractivity contribution < 1.29 is 9.90 Å². The Morgan fingerprint density at radius 1 is 1.27 bits per heavy atom. The van der Waals surface area contributed by atoms with Crippen molar-refractivity contribution in [3.05, 3.63) is 64.9 Å². The number of aliphatic hydroxyl groups is 1. The van der Waals surface area contributed by atoms with Crippen LogP contribution in [0.4, 0.5) is 4.79 Å². The molecular formula is C16H18ClN3O2. The Hall–Kier alpha value is -2.11. The molecule has 2 amide bonds. The van der Waals surface area contributed by atoms with E-state index in [2.05, 4.69) is 10.3 Å². The third-order valence-electron chi connectivity index (χ3n) is 3.14. The number of halogens is 1. The minimum Gasteiger partial charge on any atom is -0.395 e. The van der Waals surface area contributed by atoms with Gasteiger partial charge in [0.25, 0.3) is 0 Å². The van der Waals surface area contributed by atoms with Gasteiger partial charge in [-0.25, -0.2) is 4.79 Å². The highest BCUT2D eigenvalue weighted by Gasteiger charge is 2.13. The van der Waals surface area contributed by atoms with Crippen molar-refractivity contribution in [2.24, 2.45) is 0 Å². The van der Waals surface area contributed by atoms with Gasteiger partial charge < -0.3 is 15.3 Å². The van der Waals surface area contributed by atoms with E-state index in [1.54, 1.807) is 18.5 Å². The molecule has 0 radical (unpaired) electrons. The molecule has 0 fully saturated rings. The number of nitrogens with zero attached hydrogens (tertiary/aromatic N) is 2. The van der Waals surface area contributed by atoms with Gasteiger partial charge in [0.15, 0.2) is 0 Å². The molecule has 0 unspecified atom stereocenters. The van der Waals surface area contributed by atoms with Crippen LogP contribution in [0.15, 0.2) is 48.8 Å². The Labute approximate surface area is 134 Å². The third-order valence-corrected chi connectivity index (χ3v) is 3.51. The van der Waals surface area contributed by atoms with Crippen LogP contribution in [-0.4, -0.2) is 34.2 Å². The summed E-state index contributed by atoms with van der Waals surface area (Å²) in [5.41, 5.74) is 1.76. The molecule has 0 bridgehead atoms. The third kappa shape index (κ3) is 4.72. The summed E-state index contributed by atoms with van der Waals surface area (Å²) in [5.74, 6) is 0. The zero-order valence-electron chi connectivity index (χ0n) is 12.1. The summed E-state index contributed by atoms with van der Waals surface area (Å²) in [5, 5.41) is 12.6. The van der Waals surface area contributed by atoms with Gasteiger partial charge in [0, 0.05) is 37.1 Å². The highest BCUT2D eigenvalue weighted by Crippen LogP contribution is 2.14. The van der Waals surface area contributed by atoms with E-state index in [1.165, 1.54) is 4.90 Å². The van der Waals surface area contributed by atoms with Crippen molar-refractivity contribution in [3.8, 4) is 0 Å². The number of carbonyl (C=O) groups is 1. The SMILES string of the molecule is O=C(NCc1ccccc1Cl)N(CCO)Cc1cccnc1. The van der Waals surface area contributed by atoms with Gasteiger partial charge in [-0.1, -0.05) is 35.9 Å². The number of hydrogen-bond acceptors (Lipinski definition) is 3. The van der Waals surface area contributed by atoms with Gasteiger partial charge in [0.05, 0.1) is 6.61 Å². The van der Waals surface area contributed by atoms with E-state index in [0.717, 1.165) is 11.1 Å². The second-order valence-electron chi connectivity index (χ2n) is 4.76. The van der Waals surface area contributed by atoms with Crippen molar-refractivity contribution in [3.63, 3.8) is 0 Å². The Morgan fingerprint density at radius 3 is 2.77 bits per heavy atom. The molecular weight excluding hydrogens is 302 g/mol. The van der Waals surface area contributed by atoms with Gasteiger partial charge >= 0.3 is 6.03 Å². The molecule has 0 atom stereocenters. The maximum Gasteiger partial charge on any atom is 0.318 e. The number of aliphatic hydroxyl groups excluding tert-OH is 1. The second kappa shape index (κ2) is 8.36. The molecule has 1 aromatic heterocycles. The lowest BCUT2D eigenvalue weighted by molar-refractivity contribution is 0.173. The van der Waals surface area contributed by atoms with Crippen LogP contribution >= 0.6 is 11.6 Å². The molecule has 6 heteroatoms. The van der Waals surface area contributed by atoms with Crippen LogP contribution in [0.25, 0.3) is 0 Å². The number of nitrogens with one attached hydrogen (secondary N) is 1. The predicted octanol–water partition coefficient (Wildman–Crippen LogP) is 2.44. The van der Waals surface area contributed by atoms with E-state index < -0.39 is 0 Å². The standard InChI is InChI=1S/C16H18ClN3O2/c17-15-6-2-1-5-14(15)11-19-16(22)20(8-9-21)12-13-4-3-7-18-10-13/h1-7,10,21H,8-9,11-12H2,(H,19,22). The smallest absolute Gasteiger partial charge is 0.318 e. The molecule has 5 nitrogen and oxygen atoms in total. The topological polar surface area (TPSA) is 65.5 Å². The molecule has 0 spiro atoms. The fourth-order valence-corrected chi connectivity index (χ4v) is 2.21. The number of urea groups is 1. The monoisotopic (exact) mass is 319 g/mol. The van der Waals surface area contributed by atoms with E-state index >= 15 is 0 Å². The van der Waals surface area contributed by atoms with Gasteiger partial charge in [0.2, 0.25) is 0 Å². The maximum atomic E-state index is 12.3. The Balaban J connectivity index is 1.96. The van der Waals surface area contributed by atoms with Gasteiger partial charge in [-0.15, -0.1) is 0 Å². The molecule has 0 aliphatic rings. The lowest BCUT2D eigenvalue weighted by Gasteiger charge is -2.22. The molecule has 0 aliphatic heterocycles. The highest BCUT2D eigenvalue weighted by molar-refractivity contribution is 6.31. The summed E-state index contributed by atoms with van der Waals surface area (Å²) in [6.07, 6.45) is 3.38. The highest BCUT2D eigenvalue weighted by atomic mass is 35.5. The van der Waals surface area contributed by atoms with Crippen molar-refractivity contribution in [1.82, 2.24) is 15.2 Å². The fourth-order valence-electron chi connectivity index (χ4n) is 2.01. The first-order chi connectivity index (χ1) is 10.7. The molecule has 116 valence electrons. The molecule has 2 aromatic rings. The molecule has 22 heavy (non-hydrogen) atoms. The lowest BCUT2D eigenvalue weighted by Crippen LogP contribution is -2.40. The minimum absolute atomic E-state index is 0.0974. The maximum absolute atomic E-state index is 12.3. The molecule has 1 heterocycles. The summed E-state index contributed by atoms with van der Waals surface area (Å²) < 4.78 is 0. The van der Waals surface area contributed by atoms with Crippen LogP contribution in [0.2, 0.25) is 5.02 Å². The zero-order valence-corrected chi connectivity index (χ0v) is 12.8. The van der Waals surface area contributed by atoms with Crippen LogP contribution in [0, 0.1) is 0 Å². The van der Waals surface area contributed by atoms with Gasteiger partial charge in [-0.2, -0.15) is 0 Å². The summed E-state index contributed by atoms with van der Waals surface area (Å²) in [7, 11) is 0. The Bertz CT molecular complexity index is 607. The summed E-state index contributed by atoms with van der Waals surface area (Å²) in [6, 6.07) is 10.8. The number of pyridine rings is 1. The summed E-state index contributed by atoms with van der Waals surface area (Å²) in [4.78, 5) is 17.8. The van der Waals surface area contributed by atoms with Crippen molar-refractivity contribution in [2.45, 2.75) is 13.1 Å². The molecule has 0 saturated carbocycles. The molecule has 0 saturated heterocycles. The number of benzene rings is 1. The lowest BCUT2D eigenvalue weighted by atomic mass is 10.2. The largest absolute Gasteiger partial charge is 0.395 e. The van der Waals surface area contributed by atoms with Crippen LogP contribution in [-0.2, 0) is 13.1 Å². The van der Waals surface area contributed by atoms with Crippen LogP contribution in [0.3, 0.4) is 0 Å². The average molecular weight is 320 g/mol. The summed E-state index contributed by atoms with van der Waals surface area (Å²) >= 11 is 6.07. The Morgan fingerprint density at radius 2 is 2.09 bits per heavy atom. The number of aromatic nitrogens is 1. The molecule has 2 N–H and O–H groups in total. The number of hydrogen-bond donors (Lipinski definition) is 2. The van der Waals surface area contributed by atoms with Crippen molar-refractivity contribution >= 4 is 17.6 Å². The van der Waals surface area contributed by atoms with Gasteiger partial charge in [-0.05, 0) is 23.3 Å². The average Bonchev–Trinajstić information content (AvgIpc) is 2.54. The van der Waals surface area contributed by atoms with E-state index in [1.807, 2.05) is 30.3 Å². The number of carbonyl (C=O) groups excluding carboxylic acids is 1. The normalized spacial score (nSPS) is 10.3. The first-order valence-electron chi connectivity index (χ1n) is 6.96. The van der Waals surface area contributed by atoms with E-state index in [4.69, 9.17) is 16.7 Å². The van der Waals surface area contributed by atoms with E-state index in [0.29, 0.717) is 18.1 Å². The number of amides is 2. The number of rotatable bonds is 6. The predicted molar refractivity (Wildman–Crippen MR) is 85.4 cm³/mol. The van der Waals surface area contributed by atoms with Crippen molar-refractivity contribution in [2.75, 3.05) is 13.2 Å². The quantitative estimate of drug-likeness (QED) is 0.859. The first kappa shape index (κ1) is 16.3. The van der Waals surface area contributed by atoms with Crippen LogP contribution in [0.1, 0.15) is 11.1 Å². The van der Waals surface area contributed by atoms with Gasteiger partial charge in [0.1, 0.15) is 0 Å². The zero-order chi connectivity index (χ0) is 15.8. The van der Waals surface area contributed by atoms with Crippen LogP contribution in [0.5, 0.6) is 0 Å². The summed E-state index contributed by atoms with van der Waals surface area (Å²) in [6.45, 7) is 0.888. The van der Waals surface area contributed by atoms with Crippen molar-refractivity contribution in [1.29, 1.82) is 0 Å². The Kier molecular flexibility index (Phi) is 6.18. The molecule has 0 aliphatic carbocycles. The fraction of sp³-hybridized carbons (Fsp3) is 0.250. The van der Waals surface area contributed by atoms with E-state index in [-0.39, 0.29) is 19.2 Å². The van der Waals surface area contributed by atoms with Gasteiger partial charge in [-0.3, -0.25) is 4.98 Å². The minimum atomic E-state index is -0.252.